The second-order valence-electron chi connectivity index (χ2n) is 10.6. The fourth-order valence-electron chi connectivity index (χ4n) is 6.45. The minimum absolute atomic E-state index is 0.0492. The van der Waals surface area contributed by atoms with Gasteiger partial charge >= 0.3 is 0 Å². The van der Waals surface area contributed by atoms with Gasteiger partial charge in [0, 0.05) is 37.3 Å². The summed E-state index contributed by atoms with van der Waals surface area (Å²) in [4.78, 5) is 18.8. The first kappa shape index (κ1) is 26.3. The SMILES string of the molecule is COc1ccc(C(=O)N(Cc2ccccc2)C2CCN(C3CCCCC3c3ccccc3)CC2)cc1OC. The lowest BCUT2D eigenvalue weighted by atomic mass is 9.78. The molecule has 200 valence electrons. The average Bonchev–Trinajstić information content (AvgIpc) is 3.00. The van der Waals surface area contributed by atoms with Gasteiger partial charge < -0.3 is 14.4 Å². The molecular formula is C33H40N2O3. The van der Waals surface area contributed by atoms with E-state index in [4.69, 9.17) is 9.47 Å². The zero-order valence-corrected chi connectivity index (χ0v) is 22.7. The fourth-order valence-corrected chi connectivity index (χ4v) is 6.45. The maximum atomic E-state index is 14.0. The normalized spacial score (nSPS) is 20.6. The van der Waals surface area contributed by atoms with Gasteiger partial charge in [0.1, 0.15) is 0 Å². The van der Waals surface area contributed by atoms with Crippen LogP contribution in [-0.4, -0.2) is 55.1 Å². The lowest BCUT2D eigenvalue weighted by Gasteiger charge is -2.45. The van der Waals surface area contributed by atoms with Crippen molar-refractivity contribution < 1.29 is 14.3 Å². The first-order valence-corrected chi connectivity index (χ1v) is 14.0. The Morgan fingerprint density at radius 2 is 1.47 bits per heavy atom. The summed E-state index contributed by atoms with van der Waals surface area (Å²) in [7, 11) is 3.22. The molecule has 0 aromatic heterocycles. The van der Waals surface area contributed by atoms with Crippen LogP contribution in [0.25, 0.3) is 0 Å². The highest BCUT2D eigenvalue weighted by Gasteiger charge is 2.35. The summed E-state index contributed by atoms with van der Waals surface area (Å²) >= 11 is 0. The van der Waals surface area contributed by atoms with Crippen LogP contribution in [0.15, 0.2) is 78.9 Å². The Kier molecular flexibility index (Phi) is 8.65. The van der Waals surface area contributed by atoms with Crippen molar-refractivity contribution in [2.45, 2.75) is 63.1 Å². The van der Waals surface area contributed by atoms with E-state index >= 15 is 0 Å². The van der Waals surface area contributed by atoms with Gasteiger partial charge in [-0.25, -0.2) is 0 Å². The van der Waals surface area contributed by atoms with Gasteiger partial charge in [-0.2, -0.15) is 0 Å². The molecule has 0 radical (unpaired) electrons. The molecule has 1 saturated carbocycles. The second-order valence-corrected chi connectivity index (χ2v) is 10.6. The standard InChI is InChI=1S/C33H40N2O3/c1-37-31-18-17-27(23-32(31)38-2)33(36)35(24-25-11-5-3-6-12-25)28-19-21-34(22-20-28)30-16-10-9-15-29(30)26-13-7-4-8-14-26/h3-8,11-14,17-18,23,28-30H,9-10,15-16,19-22,24H2,1-2H3. The summed E-state index contributed by atoms with van der Waals surface area (Å²) in [6.07, 6.45) is 7.14. The lowest BCUT2D eigenvalue weighted by molar-refractivity contribution is 0.0432. The molecule has 0 spiro atoms. The van der Waals surface area contributed by atoms with Crippen LogP contribution in [0.4, 0.5) is 0 Å². The molecule has 0 bridgehead atoms. The van der Waals surface area contributed by atoms with E-state index in [1.807, 2.05) is 30.3 Å². The third-order valence-corrected chi connectivity index (χ3v) is 8.45. The first-order valence-electron chi connectivity index (χ1n) is 14.0. The molecule has 1 aliphatic heterocycles. The number of carbonyl (C=O) groups excluding carboxylic acids is 1. The van der Waals surface area contributed by atoms with Crippen LogP contribution in [-0.2, 0) is 6.54 Å². The fraction of sp³-hybridized carbons (Fsp3) is 0.424. The van der Waals surface area contributed by atoms with Crippen LogP contribution in [0.3, 0.4) is 0 Å². The van der Waals surface area contributed by atoms with E-state index < -0.39 is 0 Å². The van der Waals surface area contributed by atoms with E-state index in [1.54, 1.807) is 20.3 Å². The van der Waals surface area contributed by atoms with Crippen LogP contribution in [0.2, 0.25) is 0 Å². The summed E-state index contributed by atoms with van der Waals surface area (Å²) in [5.74, 6) is 1.87. The molecule has 1 heterocycles. The Morgan fingerprint density at radius 3 is 2.16 bits per heavy atom. The van der Waals surface area contributed by atoms with Gasteiger partial charge in [0.15, 0.2) is 11.5 Å². The highest BCUT2D eigenvalue weighted by Crippen LogP contribution is 2.38. The number of methoxy groups -OCH3 is 2. The highest BCUT2D eigenvalue weighted by atomic mass is 16.5. The number of carbonyl (C=O) groups is 1. The van der Waals surface area contributed by atoms with Crippen molar-refractivity contribution in [3.05, 3.63) is 95.6 Å². The van der Waals surface area contributed by atoms with Gasteiger partial charge in [0.05, 0.1) is 14.2 Å². The molecule has 38 heavy (non-hydrogen) atoms. The molecule has 2 aliphatic rings. The summed E-state index contributed by atoms with van der Waals surface area (Å²) in [5, 5.41) is 0. The van der Waals surface area contributed by atoms with Crippen molar-refractivity contribution >= 4 is 5.91 Å². The quantitative estimate of drug-likeness (QED) is 0.344. The van der Waals surface area contributed by atoms with Gasteiger partial charge in [-0.3, -0.25) is 9.69 Å². The lowest BCUT2D eigenvalue weighted by Crippen LogP contribution is -2.51. The Balaban J connectivity index is 1.33. The number of benzene rings is 3. The zero-order chi connectivity index (χ0) is 26.3. The maximum Gasteiger partial charge on any atom is 0.254 e. The van der Waals surface area contributed by atoms with E-state index in [-0.39, 0.29) is 11.9 Å². The Hall–Kier alpha value is -3.31. The molecule has 0 N–H and O–H groups in total. The van der Waals surface area contributed by atoms with Crippen LogP contribution in [0, 0.1) is 0 Å². The average molecular weight is 513 g/mol. The number of hydrogen-bond acceptors (Lipinski definition) is 4. The maximum absolute atomic E-state index is 14.0. The van der Waals surface area contributed by atoms with Crippen molar-refractivity contribution in [1.82, 2.24) is 9.80 Å². The van der Waals surface area contributed by atoms with E-state index in [0.717, 1.165) is 31.5 Å². The van der Waals surface area contributed by atoms with E-state index in [1.165, 1.54) is 31.2 Å². The Bertz CT molecular complexity index is 1180. The number of rotatable bonds is 8. The Labute approximate surface area is 227 Å². The highest BCUT2D eigenvalue weighted by molar-refractivity contribution is 5.95. The van der Waals surface area contributed by atoms with Crippen LogP contribution in [0.1, 0.15) is 65.9 Å². The molecule has 2 atom stereocenters. The molecule has 3 aromatic rings. The van der Waals surface area contributed by atoms with E-state index in [9.17, 15) is 4.79 Å². The van der Waals surface area contributed by atoms with Gasteiger partial charge in [-0.05, 0) is 60.9 Å². The minimum Gasteiger partial charge on any atom is -0.493 e. The largest absolute Gasteiger partial charge is 0.493 e. The number of ether oxygens (including phenoxy) is 2. The third-order valence-electron chi connectivity index (χ3n) is 8.45. The van der Waals surface area contributed by atoms with Gasteiger partial charge in [-0.1, -0.05) is 73.5 Å². The first-order chi connectivity index (χ1) is 18.7. The van der Waals surface area contributed by atoms with Crippen molar-refractivity contribution in [3.63, 3.8) is 0 Å². The second kappa shape index (κ2) is 12.5. The monoisotopic (exact) mass is 512 g/mol. The van der Waals surface area contributed by atoms with Crippen LogP contribution in [0.5, 0.6) is 11.5 Å². The predicted octanol–water partition coefficient (Wildman–Crippen LogP) is 6.54. The molecule has 1 aliphatic carbocycles. The van der Waals surface area contributed by atoms with E-state index in [0.29, 0.717) is 35.6 Å². The van der Waals surface area contributed by atoms with Crippen LogP contribution < -0.4 is 9.47 Å². The molecule has 3 aromatic carbocycles. The number of nitrogens with zero attached hydrogens (tertiary/aromatic N) is 2. The van der Waals surface area contributed by atoms with E-state index in [2.05, 4.69) is 52.3 Å². The Morgan fingerprint density at radius 1 is 0.816 bits per heavy atom. The van der Waals surface area contributed by atoms with Crippen molar-refractivity contribution in [2.24, 2.45) is 0 Å². The topological polar surface area (TPSA) is 42.0 Å². The van der Waals surface area contributed by atoms with Crippen molar-refractivity contribution in [3.8, 4) is 11.5 Å². The molecule has 5 rings (SSSR count). The number of hydrogen-bond donors (Lipinski definition) is 0. The molecule has 2 unspecified atom stereocenters. The van der Waals surface area contributed by atoms with Gasteiger partial charge in [-0.15, -0.1) is 0 Å². The molecule has 1 amide bonds. The minimum atomic E-state index is 0.0492. The van der Waals surface area contributed by atoms with Gasteiger partial charge in [0.2, 0.25) is 0 Å². The summed E-state index contributed by atoms with van der Waals surface area (Å²) in [6, 6.07) is 27.7. The molecule has 2 fully saturated rings. The zero-order valence-electron chi connectivity index (χ0n) is 22.7. The van der Waals surface area contributed by atoms with Crippen LogP contribution >= 0.6 is 0 Å². The number of amides is 1. The summed E-state index contributed by atoms with van der Waals surface area (Å²) in [5.41, 5.74) is 3.27. The summed E-state index contributed by atoms with van der Waals surface area (Å²) < 4.78 is 10.9. The molecule has 5 nitrogen and oxygen atoms in total. The summed E-state index contributed by atoms with van der Waals surface area (Å²) in [6.45, 7) is 2.67. The van der Waals surface area contributed by atoms with Gasteiger partial charge in [0.25, 0.3) is 5.91 Å². The molecule has 5 heteroatoms. The van der Waals surface area contributed by atoms with Crippen molar-refractivity contribution in [1.29, 1.82) is 0 Å². The van der Waals surface area contributed by atoms with Crippen molar-refractivity contribution in [2.75, 3.05) is 27.3 Å². The number of piperidine rings is 1. The molecular weight excluding hydrogens is 472 g/mol. The molecule has 1 saturated heterocycles. The number of likely N-dealkylation sites (tertiary alicyclic amines) is 1. The smallest absolute Gasteiger partial charge is 0.254 e. The predicted molar refractivity (Wildman–Crippen MR) is 152 cm³/mol. The third kappa shape index (κ3) is 5.88.